The number of methoxy groups -OCH3 is 1. The van der Waals surface area contributed by atoms with E-state index in [4.69, 9.17) is 4.74 Å². The largest absolute Gasteiger partial charge is 0.504 e. The molecule has 20 heavy (non-hydrogen) atoms. The number of nitrogens with zero attached hydrogens (tertiary/aromatic N) is 2. The monoisotopic (exact) mass is 274 g/mol. The third kappa shape index (κ3) is 2.97. The first-order valence-electron chi connectivity index (χ1n) is 5.67. The molecule has 6 heteroatoms. The SMILES string of the molecule is COc1cc(N=Nc2ccc(F)cc2)cc(C=O)c1O. The Hall–Kier alpha value is -2.76. The molecule has 0 spiro atoms. The highest BCUT2D eigenvalue weighted by molar-refractivity contribution is 5.83. The number of phenols is 1. The molecule has 0 aliphatic heterocycles. The second-order valence-corrected chi connectivity index (χ2v) is 3.88. The Labute approximate surface area is 114 Å². The Balaban J connectivity index is 2.33. The van der Waals surface area contributed by atoms with Gasteiger partial charge in [0.15, 0.2) is 17.8 Å². The van der Waals surface area contributed by atoms with E-state index in [9.17, 15) is 14.3 Å². The van der Waals surface area contributed by atoms with Crippen LogP contribution in [0, 0.1) is 5.82 Å². The van der Waals surface area contributed by atoms with Crippen molar-refractivity contribution in [3.8, 4) is 11.5 Å². The molecule has 2 aromatic rings. The molecule has 0 saturated heterocycles. The third-order valence-electron chi connectivity index (χ3n) is 2.54. The molecule has 2 rings (SSSR count). The molecule has 0 unspecified atom stereocenters. The topological polar surface area (TPSA) is 71.2 Å². The van der Waals surface area contributed by atoms with Crippen LogP contribution in [0.1, 0.15) is 10.4 Å². The summed E-state index contributed by atoms with van der Waals surface area (Å²) in [6, 6.07) is 8.28. The fourth-order valence-electron chi connectivity index (χ4n) is 1.54. The van der Waals surface area contributed by atoms with Crippen molar-refractivity contribution in [3.05, 3.63) is 47.8 Å². The van der Waals surface area contributed by atoms with Crippen molar-refractivity contribution in [1.29, 1.82) is 0 Å². The number of carbonyl (C=O) groups is 1. The first-order chi connectivity index (χ1) is 9.63. The van der Waals surface area contributed by atoms with Crippen LogP contribution in [0.4, 0.5) is 15.8 Å². The number of benzene rings is 2. The van der Waals surface area contributed by atoms with Gasteiger partial charge in [-0.05, 0) is 30.3 Å². The van der Waals surface area contributed by atoms with Crippen molar-refractivity contribution >= 4 is 17.7 Å². The summed E-state index contributed by atoms with van der Waals surface area (Å²) in [5.41, 5.74) is 0.856. The minimum Gasteiger partial charge on any atom is -0.504 e. The molecule has 0 aromatic heterocycles. The standard InChI is InChI=1S/C14H11FN2O3/c1-20-13-7-12(6-9(8-18)14(13)19)17-16-11-4-2-10(15)3-5-11/h2-8,19H,1H3. The van der Waals surface area contributed by atoms with Crippen LogP contribution in [0.2, 0.25) is 0 Å². The Morgan fingerprint density at radius 3 is 2.40 bits per heavy atom. The van der Waals surface area contributed by atoms with Gasteiger partial charge in [0, 0.05) is 6.07 Å². The molecule has 5 nitrogen and oxygen atoms in total. The quantitative estimate of drug-likeness (QED) is 0.681. The maximum absolute atomic E-state index is 12.7. The molecule has 0 atom stereocenters. The minimum atomic E-state index is -0.363. The van der Waals surface area contributed by atoms with Gasteiger partial charge in [-0.2, -0.15) is 10.2 Å². The molecular weight excluding hydrogens is 263 g/mol. The van der Waals surface area contributed by atoms with Crippen LogP contribution >= 0.6 is 0 Å². The Kier molecular flexibility index (Phi) is 4.05. The fourth-order valence-corrected chi connectivity index (χ4v) is 1.54. The van der Waals surface area contributed by atoms with Crippen LogP contribution in [-0.2, 0) is 0 Å². The number of halogens is 1. The molecule has 0 bridgehead atoms. The Morgan fingerprint density at radius 1 is 1.15 bits per heavy atom. The second kappa shape index (κ2) is 5.92. The van der Waals surface area contributed by atoms with Crippen molar-refractivity contribution in [2.75, 3.05) is 7.11 Å². The zero-order valence-corrected chi connectivity index (χ0v) is 10.6. The van der Waals surface area contributed by atoms with E-state index in [2.05, 4.69) is 10.2 Å². The number of hydrogen-bond donors (Lipinski definition) is 1. The van der Waals surface area contributed by atoms with E-state index in [-0.39, 0.29) is 22.9 Å². The molecule has 0 saturated carbocycles. The maximum atomic E-state index is 12.7. The van der Waals surface area contributed by atoms with Crippen molar-refractivity contribution in [2.45, 2.75) is 0 Å². The van der Waals surface area contributed by atoms with Crippen LogP contribution in [0.25, 0.3) is 0 Å². The first-order valence-corrected chi connectivity index (χ1v) is 5.67. The van der Waals surface area contributed by atoms with Gasteiger partial charge in [0.2, 0.25) is 0 Å². The van der Waals surface area contributed by atoms with E-state index in [1.807, 2.05) is 0 Å². The highest BCUT2D eigenvalue weighted by Crippen LogP contribution is 2.34. The Bertz CT molecular complexity index is 654. The van der Waals surface area contributed by atoms with Gasteiger partial charge in [0.25, 0.3) is 0 Å². The summed E-state index contributed by atoms with van der Waals surface area (Å²) in [6.45, 7) is 0. The molecule has 0 aliphatic carbocycles. The molecule has 0 radical (unpaired) electrons. The van der Waals surface area contributed by atoms with Gasteiger partial charge in [0.05, 0.1) is 24.0 Å². The number of carbonyl (C=O) groups excluding carboxylic acids is 1. The number of aromatic hydroxyl groups is 1. The molecule has 0 aliphatic rings. The minimum absolute atomic E-state index is 0.0532. The van der Waals surface area contributed by atoms with Gasteiger partial charge in [0.1, 0.15) is 5.82 Å². The summed E-state index contributed by atoms with van der Waals surface area (Å²) in [4.78, 5) is 10.8. The zero-order valence-electron chi connectivity index (χ0n) is 10.6. The average molecular weight is 274 g/mol. The number of phenolic OH excluding ortho intramolecular Hbond substituents is 1. The lowest BCUT2D eigenvalue weighted by atomic mass is 10.2. The molecule has 0 fully saturated rings. The van der Waals surface area contributed by atoms with Crippen LogP contribution in [0.5, 0.6) is 11.5 Å². The predicted molar refractivity (Wildman–Crippen MR) is 70.6 cm³/mol. The lowest BCUT2D eigenvalue weighted by Crippen LogP contribution is -1.88. The maximum Gasteiger partial charge on any atom is 0.168 e. The van der Waals surface area contributed by atoms with E-state index in [0.717, 1.165) is 0 Å². The van der Waals surface area contributed by atoms with Crippen LogP contribution < -0.4 is 4.74 Å². The lowest BCUT2D eigenvalue weighted by Gasteiger charge is -2.05. The zero-order chi connectivity index (χ0) is 14.5. The number of azo groups is 1. The highest BCUT2D eigenvalue weighted by atomic mass is 19.1. The fraction of sp³-hybridized carbons (Fsp3) is 0.0714. The summed E-state index contributed by atoms with van der Waals surface area (Å²) in [7, 11) is 1.37. The number of aldehydes is 1. The number of ether oxygens (including phenoxy) is 1. The van der Waals surface area contributed by atoms with Gasteiger partial charge < -0.3 is 9.84 Å². The predicted octanol–water partition coefficient (Wildman–Crippen LogP) is 3.77. The number of hydrogen-bond acceptors (Lipinski definition) is 5. The van der Waals surface area contributed by atoms with E-state index in [0.29, 0.717) is 17.7 Å². The molecular formula is C14H11FN2O3. The normalized spacial score (nSPS) is 10.7. The van der Waals surface area contributed by atoms with Gasteiger partial charge in [-0.25, -0.2) is 4.39 Å². The van der Waals surface area contributed by atoms with Crippen molar-refractivity contribution in [1.82, 2.24) is 0 Å². The lowest BCUT2D eigenvalue weighted by molar-refractivity contribution is 0.112. The third-order valence-corrected chi connectivity index (χ3v) is 2.54. The van der Waals surface area contributed by atoms with Crippen molar-refractivity contribution in [2.24, 2.45) is 10.2 Å². The molecule has 0 heterocycles. The van der Waals surface area contributed by atoms with E-state index < -0.39 is 0 Å². The Morgan fingerprint density at radius 2 is 1.80 bits per heavy atom. The van der Waals surface area contributed by atoms with Crippen LogP contribution in [0.3, 0.4) is 0 Å². The summed E-state index contributed by atoms with van der Waals surface area (Å²) in [5.74, 6) is -0.482. The van der Waals surface area contributed by atoms with Gasteiger partial charge >= 0.3 is 0 Å². The van der Waals surface area contributed by atoms with Crippen LogP contribution in [-0.4, -0.2) is 18.5 Å². The second-order valence-electron chi connectivity index (χ2n) is 3.88. The van der Waals surface area contributed by atoms with E-state index >= 15 is 0 Å². The molecule has 2 aromatic carbocycles. The van der Waals surface area contributed by atoms with Crippen molar-refractivity contribution in [3.63, 3.8) is 0 Å². The molecule has 102 valence electrons. The number of rotatable bonds is 4. The summed E-state index contributed by atoms with van der Waals surface area (Å²) in [6.07, 6.45) is 0.495. The molecule has 1 N–H and O–H groups in total. The first kappa shape index (κ1) is 13.7. The van der Waals surface area contributed by atoms with Gasteiger partial charge in [-0.1, -0.05) is 0 Å². The smallest absolute Gasteiger partial charge is 0.168 e. The highest BCUT2D eigenvalue weighted by Gasteiger charge is 2.09. The van der Waals surface area contributed by atoms with Crippen molar-refractivity contribution < 1.29 is 19.0 Å². The summed E-state index contributed by atoms with van der Waals surface area (Å²) < 4.78 is 17.7. The molecule has 0 amide bonds. The summed E-state index contributed by atoms with van der Waals surface area (Å²) in [5, 5.41) is 17.5. The summed E-state index contributed by atoms with van der Waals surface area (Å²) >= 11 is 0. The van der Waals surface area contributed by atoms with E-state index in [1.54, 1.807) is 0 Å². The van der Waals surface area contributed by atoms with E-state index in [1.165, 1.54) is 43.5 Å². The van der Waals surface area contributed by atoms with Gasteiger partial charge in [-0.3, -0.25) is 4.79 Å². The van der Waals surface area contributed by atoms with Crippen LogP contribution in [0.15, 0.2) is 46.6 Å². The average Bonchev–Trinajstić information content (AvgIpc) is 2.47. The van der Waals surface area contributed by atoms with Gasteiger partial charge in [-0.15, -0.1) is 0 Å².